The van der Waals surface area contributed by atoms with E-state index in [4.69, 9.17) is 4.74 Å². The summed E-state index contributed by atoms with van der Waals surface area (Å²) < 4.78 is 5.02. The second-order valence-electron chi connectivity index (χ2n) is 5.03. The molecule has 0 amide bonds. The largest absolute Gasteiger partial charge is 0.497 e. The van der Waals surface area contributed by atoms with E-state index in [1.807, 2.05) is 6.07 Å². The Labute approximate surface area is 138 Å². The number of ketones is 1. The fraction of sp³-hybridized carbons (Fsp3) is 0.111. The highest BCUT2D eigenvalue weighted by atomic mass is 16.6. The van der Waals surface area contributed by atoms with E-state index in [9.17, 15) is 20.2 Å². The topological polar surface area (TPSA) is 93.2 Å². The SMILES string of the molecule is COc1ccc(C(=O)/C(C#N)=C/c2ccc(C)c([N+](=O)[O-])c2)cc1. The monoisotopic (exact) mass is 322 g/mol. The Balaban J connectivity index is 2.38. The Hall–Kier alpha value is -3.46. The zero-order chi connectivity index (χ0) is 17.7. The van der Waals surface area contributed by atoms with Gasteiger partial charge in [-0.1, -0.05) is 12.1 Å². The molecule has 120 valence electrons. The number of hydrogen-bond donors (Lipinski definition) is 0. The van der Waals surface area contributed by atoms with Crippen LogP contribution < -0.4 is 4.74 Å². The molecule has 0 heterocycles. The molecule has 24 heavy (non-hydrogen) atoms. The van der Waals surface area contributed by atoms with Crippen molar-refractivity contribution in [2.24, 2.45) is 0 Å². The number of benzene rings is 2. The van der Waals surface area contributed by atoms with Crippen LogP contribution in [0.3, 0.4) is 0 Å². The number of nitriles is 1. The molecular weight excluding hydrogens is 308 g/mol. The van der Waals surface area contributed by atoms with E-state index in [-0.39, 0.29) is 11.3 Å². The summed E-state index contributed by atoms with van der Waals surface area (Å²) in [7, 11) is 1.52. The number of carbonyl (C=O) groups excluding carboxylic acids is 1. The van der Waals surface area contributed by atoms with Crippen LogP contribution in [0.15, 0.2) is 48.0 Å². The molecule has 0 unspecified atom stereocenters. The zero-order valence-corrected chi connectivity index (χ0v) is 13.1. The Morgan fingerprint density at radius 2 is 1.92 bits per heavy atom. The number of nitro groups is 1. The first-order valence-electron chi connectivity index (χ1n) is 7.02. The van der Waals surface area contributed by atoms with Crippen molar-refractivity contribution >= 4 is 17.5 Å². The van der Waals surface area contributed by atoms with Crippen molar-refractivity contribution < 1.29 is 14.5 Å². The lowest BCUT2D eigenvalue weighted by atomic mass is 10.0. The third-order valence-electron chi connectivity index (χ3n) is 3.46. The summed E-state index contributed by atoms with van der Waals surface area (Å²) in [6, 6.07) is 12.8. The van der Waals surface area contributed by atoms with Crippen molar-refractivity contribution in [2.45, 2.75) is 6.92 Å². The van der Waals surface area contributed by atoms with Gasteiger partial charge < -0.3 is 4.74 Å². The van der Waals surface area contributed by atoms with Crippen LogP contribution in [-0.2, 0) is 0 Å². The minimum absolute atomic E-state index is 0.0575. The molecular formula is C18H14N2O4. The molecule has 0 fully saturated rings. The number of nitro benzene ring substituents is 1. The Bertz CT molecular complexity index is 862. The van der Waals surface area contributed by atoms with E-state index < -0.39 is 10.7 Å². The maximum Gasteiger partial charge on any atom is 0.272 e. The van der Waals surface area contributed by atoms with Crippen LogP contribution in [0.25, 0.3) is 6.08 Å². The second kappa shape index (κ2) is 7.20. The quantitative estimate of drug-likeness (QED) is 0.275. The number of methoxy groups -OCH3 is 1. The molecule has 6 heteroatoms. The minimum atomic E-state index is -0.496. The Kier molecular flexibility index (Phi) is 5.07. The molecule has 0 aliphatic carbocycles. The molecule has 0 saturated heterocycles. The highest BCUT2D eigenvalue weighted by Crippen LogP contribution is 2.22. The van der Waals surface area contributed by atoms with Crippen LogP contribution in [0.4, 0.5) is 5.69 Å². The number of aryl methyl sites for hydroxylation is 1. The third-order valence-corrected chi connectivity index (χ3v) is 3.46. The van der Waals surface area contributed by atoms with Crippen molar-refractivity contribution in [3.05, 3.63) is 74.8 Å². The summed E-state index contributed by atoms with van der Waals surface area (Å²) in [5.74, 6) is 0.145. The lowest BCUT2D eigenvalue weighted by Crippen LogP contribution is -2.02. The molecule has 0 aromatic heterocycles. The van der Waals surface area contributed by atoms with Gasteiger partial charge in [-0.3, -0.25) is 14.9 Å². The van der Waals surface area contributed by atoms with Crippen LogP contribution in [0.5, 0.6) is 5.75 Å². The van der Waals surface area contributed by atoms with Gasteiger partial charge >= 0.3 is 0 Å². The average molecular weight is 322 g/mol. The van der Waals surface area contributed by atoms with E-state index in [1.54, 1.807) is 43.3 Å². The summed E-state index contributed by atoms with van der Waals surface area (Å²) in [4.78, 5) is 22.9. The first-order valence-corrected chi connectivity index (χ1v) is 7.02. The van der Waals surface area contributed by atoms with Crippen LogP contribution in [-0.4, -0.2) is 17.8 Å². The molecule has 0 bridgehead atoms. The van der Waals surface area contributed by atoms with E-state index in [0.717, 1.165) is 0 Å². The van der Waals surface area contributed by atoms with E-state index >= 15 is 0 Å². The van der Waals surface area contributed by atoms with E-state index in [0.29, 0.717) is 22.4 Å². The maximum atomic E-state index is 12.4. The number of Topliss-reactive ketones (excluding diaryl/α,β-unsaturated/α-hetero) is 1. The standard InChI is InChI=1S/C18H14N2O4/c1-12-3-4-13(10-17(12)20(22)23)9-15(11-19)18(21)14-5-7-16(24-2)8-6-14/h3-10H,1-2H3/b15-9+. The highest BCUT2D eigenvalue weighted by molar-refractivity contribution is 6.14. The minimum Gasteiger partial charge on any atom is -0.497 e. The molecule has 0 radical (unpaired) electrons. The molecule has 0 spiro atoms. The Morgan fingerprint density at radius 3 is 2.46 bits per heavy atom. The number of hydrogen-bond acceptors (Lipinski definition) is 5. The number of rotatable bonds is 5. The molecule has 2 aromatic carbocycles. The van der Waals surface area contributed by atoms with Crippen molar-refractivity contribution in [1.29, 1.82) is 5.26 Å². The Morgan fingerprint density at radius 1 is 1.25 bits per heavy atom. The van der Waals surface area contributed by atoms with Crippen molar-refractivity contribution in [1.82, 2.24) is 0 Å². The van der Waals surface area contributed by atoms with Crippen LogP contribution in [0.1, 0.15) is 21.5 Å². The first kappa shape index (κ1) is 16.9. The molecule has 0 aliphatic heterocycles. The first-order chi connectivity index (χ1) is 11.5. The van der Waals surface area contributed by atoms with Gasteiger partial charge in [-0.05, 0) is 42.8 Å². The fourth-order valence-electron chi connectivity index (χ4n) is 2.13. The van der Waals surface area contributed by atoms with Gasteiger partial charge in [-0.15, -0.1) is 0 Å². The van der Waals surface area contributed by atoms with Gasteiger partial charge in [0.2, 0.25) is 5.78 Å². The van der Waals surface area contributed by atoms with Gasteiger partial charge in [0.1, 0.15) is 17.4 Å². The number of carbonyl (C=O) groups is 1. The molecule has 0 atom stereocenters. The van der Waals surface area contributed by atoms with Crippen molar-refractivity contribution in [2.75, 3.05) is 7.11 Å². The second-order valence-corrected chi connectivity index (χ2v) is 5.03. The number of allylic oxidation sites excluding steroid dienone is 1. The summed E-state index contributed by atoms with van der Waals surface area (Å²) in [5.41, 5.74) is 1.12. The number of nitrogens with zero attached hydrogens (tertiary/aromatic N) is 2. The van der Waals surface area contributed by atoms with Gasteiger partial charge in [0, 0.05) is 17.2 Å². The van der Waals surface area contributed by atoms with Gasteiger partial charge in [0.05, 0.1) is 12.0 Å². The van der Waals surface area contributed by atoms with Crippen LogP contribution in [0, 0.1) is 28.4 Å². The third kappa shape index (κ3) is 3.65. The van der Waals surface area contributed by atoms with Gasteiger partial charge in [-0.25, -0.2) is 0 Å². The van der Waals surface area contributed by atoms with Gasteiger partial charge in [0.15, 0.2) is 0 Å². The fourth-order valence-corrected chi connectivity index (χ4v) is 2.13. The smallest absolute Gasteiger partial charge is 0.272 e. The summed E-state index contributed by atoms with van der Waals surface area (Å²) in [5, 5.41) is 20.2. The zero-order valence-electron chi connectivity index (χ0n) is 13.1. The molecule has 2 rings (SSSR count). The summed E-state index contributed by atoms with van der Waals surface area (Å²) in [6.07, 6.45) is 1.35. The maximum absolute atomic E-state index is 12.4. The van der Waals surface area contributed by atoms with Gasteiger partial charge in [0.25, 0.3) is 5.69 Å². The molecule has 6 nitrogen and oxygen atoms in total. The van der Waals surface area contributed by atoms with Crippen molar-refractivity contribution in [3.63, 3.8) is 0 Å². The van der Waals surface area contributed by atoms with Crippen LogP contribution >= 0.6 is 0 Å². The normalized spacial score (nSPS) is 10.8. The summed E-state index contributed by atoms with van der Waals surface area (Å²) in [6.45, 7) is 1.62. The van der Waals surface area contributed by atoms with E-state index in [2.05, 4.69) is 0 Å². The predicted octanol–water partition coefficient (Wildman–Crippen LogP) is 3.70. The van der Waals surface area contributed by atoms with Crippen molar-refractivity contribution in [3.8, 4) is 11.8 Å². The van der Waals surface area contributed by atoms with Gasteiger partial charge in [-0.2, -0.15) is 5.26 Å². The lowest BCUT2D eigenvalue weighted by molar-refractivity contribution is -0.385. The molecule has 0 aliphatic rings. The predicted molar refractivity (Wildman–Crippen MR) is 88.7 cm³/mol. The van der Waals surface area contributed by atoms with Crippen LogP contribution in [0.2, 0.25) is 0 Å². The molecule has 2 aromatic rings. The molecule has 0 N–H and O–H groups in total. The lowest BCUT2D eigenvalue weighted by Gasteiger charge is -2.03. The average Bonchev–Trinajstić information content (AvgIpc) is 2.60. The summed E-state index contributed by atoms with van der Waals surface area (Å²) >= 11 is 0. The number of ether oxygens (including phenoxy) is 1. The van der Waals surface area contributed by atoms with E-state index in [1.165, 1.54) is 19.3 Å². The molecule has 0 saturated carbocycles. The highest BCUT2D eigenvalue weighted by Gasteiger charge is 2.14.